The predicted octanol–water partition coefficient (Wildman–Crippen LogP) is 4.54. The van der Waals surface area contributed by atoms with Gasteiger partial charge in [-0.1, -0.05) is 41.9 Å². The number of carbonyl (C=O) groups is 2. The Kier molecular flexibility index (Phi) is 7.88. The van der Waals surface area contributed by atoms with E-state index < -0.39 is 0 Å². The van der Waals surface area contributed by atoms with Gasteiger partial charge >= 0.3 is 0 Å². The van der Waals surface area contributed by atoms with Crippen LogP contribution in [0.2, 0.25) is 5.02 Å². The quantitative estimate of drug-likeness (QED) is 0.671. The molecular weight excluding hydrogens is 400 g/mol. The summed E-state index contributed by atoms with van der Waals surface area (Å²) in [5.74, 6) is -0.269. The summed E-state index contributed by atoms with van der Waals surface area (Å²) in [6.07, 6.45) is 2.73. The molecule has 1 heterocycles. The van der Waals surface area contributed by atoms with E-state index in [1.165, 1.54) is 0 Å². The third-order valence-electron chi connectivity index (χ3n) is 5.58. The highest BCUT2D eigenvalue weighted by molar-refractivity contribution is 6.31. The zero-order valence-electron chi connectivity index (χ0n) is 17.6. The molecule has 0 radical (unpaired) electrons. The minimum absolute atomic E-state index is 0.00853. The zero-order valence-corrected chi connectivity index (χ0v) is 18.4. The number of aryl methyl sites for hydroxylation is 2. The number of hydrogen-bond donors (Lipinski definition) is 1. The fourth-order valence-corrected chi connectivity index (χ4v) is 3.87. The molecule has 0 aliphatic carbocycles. The summed E-state index contributed by atoms with van der Waals surface area (Å²) >= 11 is 6.22. The fourth-order valence-electron chi connectivity index (χ4n) is 3.64. The fraction of sp³-hybridized carbons (Fsp3) is 0.417. The van der Waals surface area contributed by atoms with Crippen molar-refractivity contribution in [3.05, 3.63) is 64.2 Å². The molecule has 1 aliphatic rings. The number of halogens is 1. The highest BCUT2D eigenvalue weighted by Gasteiger charge is 2.24. The molecule has 1 fully saturated rings. The number of carbonyl (C=O) groups excluding carboxylic acids is 2. The van der Waals surface area contributed by atoms with Gasteiger partial charge in [0.25, 0.3) is 0 Å². The number of ether oxygens (including phenoxy) is 1. The molecular formula is C24H29ClN2O3. The first kappa shape index (κ1) is 22.3. The van der Waals surface area contributed by atoms with Crippen LogP contribution in [0, 0.1) is 13.8 Å². The van der Waals surface area contributed by atoms with Crippen molar-refractivity contribution in [2.24, 2.45) is 0 Å². The van der Waals surface area contributed by atoms with Crippen LogP contribution in [0.4, 0.5) is 5.69 Å². The Labute approximate surface area is 183 Å². The molecule has 0 saturated carbocycles. The standard InChI is InChI=1S/C24H29ClN2O3/c1-17-7-5-11-22(18(17)2)26-23(28)16-27(15-20-9-6-14-30-20)24(29)13-12-19-8-3-4-10-21(19)25/h3-5,7-8,10-11,20H,6,9,12-16H2,1-2H3,(H,26,28). The van der Waals surface area contributed by atoms with E-state index in [1.807, 2.05) is 56.3 Å². The lowest BCUT2D eigenvalue weighted by Gasteiger charge is -2.25. The first-order chi connectivity index (χ1) is 14.4. The van der Waals surface area contributed by atoms with Crippen LogP contribution < -0.4 is 5.32 Å². The maximum atomic E-state index is 13.0. The van der Waals surface area contributed by atoms with Crippen molar-refractivity contribution < 1.29 is 14.3 Å². The van der Waals surface area contributed by atoms with Gasteiger partial charge in [-0.15, -0.1) is 0 Å². The minimum atomic E-state index is -0.201. The Balaban J connectivity index is 1.65. The Morgan fingerprint density at radius 1 is 1.17 bits per heavy atom. The number of anilines is 1. The topological polar surface area (TPSA) is 58.6 Å². The molecule has 2 aromatic carbocycles. The first-order valence-electron chi connectivity index (χ1n) is 10.4. The highest BCUT2D eigenvalue weighted by atomic mass is 35.5. The van der Waals surface area contributed by atoms with E-state index in [0.29, 0.717) is 31.0 Å². The van der Waals surface area contributed by atoms with Gasteiger partial charge in [0, 0.05) is 30.3 Å². The number of rotatable bonds is 8. The molecule has 3 rings (SSSR count). The van der Waals surface area contributed by atoms with Crippen molar-refractivity contribution in [1.29, 1.82) is 0 Å². The van der Waals surface area contributed by atoms with Gasteiger partial charge in [-0.3, -0.25) is 9.59 Å². The van der Waals surface area contributed by atoms with Crippen molar-refractivity contribution in [3.8, 4) is 0 Å². The third kappa shape index (κ3) is 6.07. The SMILES string of the molecule is Cc1cccc(NC(=O)CN(CC2CCCO2)C(=O)CCc2ccccc2Cl)c1C. The van der Waals surface area contributed by atoms with Crippen molar-refractivity contribution >= 4 is 29.1 Å². The summed E-state index contributed by atoms with van der Waals surface area (Å²) in [5.41, 5.74) is 3.85. The van der Waals surface area contributed by atoms with Gasteiger partial charge in [-0.05, 0) is 61.9 Å². The van der Waals surface area contributed by atoms with Crippen LogP contribution in [0.25, 0.3) is 0 Å². The van der Waals surface area contributed by atoms with Gasteiger partial charge in [0.2, 0.25) is 11.8 Å². The van der Waals surface area contributed by atoms with E-state index in [2.05, 4.69) is 5.32 Å². The lowest BCUT2D eigenvalue weighted by atomic mass is 10.1. The number of benzene rings is 2. The van der Waals surface area contributed by atoms with Crippen LogP contribution in [0.1, 0.15) is 36.0 Å². The second kappa shape index (κ2) is 10.6. The van der Waals surface area contributed by atoms with Crippen LogP contribution in [0.15, 0.2) is 42.5 Å². The molecule has 0 bridgehead atoms. The second-order valence-electron chi connectivity index (χ2n) is 7.80. The van der Waals surface area contributed by atoms with E-state index in [4.69, 9.17) is 16.3 Å². The lowest BCUT2D eigenvalue weighted by Crippen LogP contribution is -2.42. The molecule has 0 aromatic heterocycles. The van der Waals surface area contributed by atoms with E-state index >= 15 is 0 Å². The molecule has 30 heavy (non-hydrogen) atoms. The van der Waals surface area contributed by atoms with Gasteiger partial charge in [0.15, 0.2) is 0 Å². The molecule has 5 nitrogen and oxygen atoms in total. The summed E-state index contributed by atoms with van der Waals surface area (Å²) in [6, 6.07) is 13.3. The monoisotopic (exact) mass is 428 g/mol. The summed E-state index contributed by atoms with van der Waals surface area (Å²) in [7, 11) is 0. The first-order valence-corrected chi connectivity index (χ1v) is 10.8. The molecule has 2 amide bonds. The van der Waals surface area contributed by atoms with E-state index in [0.717, 1.165) is 35.2 Å². The van der Waals surface area contributed by atoms with E-state index in [9.17, 15) is 9.59 Å². The average molecular weight is 429 g/mol. The molecule has 1 unspecified atom stereocenters. The molecule has 160 valence electrons. The van der Waals surface area contributed by atoms with Gasteiger partial charge in [-0.25, -0.2) is 0 Å². The number of hydrogen-bond acceptors (Lipinski definition) is 3. The number of nitrogens with one attached hydrogen (secondary N) is 1. The predicted molar refractivity (Wildman–Crippen MR) is 120 cm³/mol. The average Bonchev–Trinajstić information content (AvgIpc) is 3.23. The van der Waals surface area contributed by atoms with Crippen LogP contribution in [-0.2, 0) is 20.7 Å². The minimum Gasteiger partial charge on any atom is -0.376 e. The molecule has 1 aliphatic heterocycles. The van der Waals surface area contributed by atoms with Crippen molar-refractivity contribution in [1.82, 2.24) is 4.90 Å². The Morgan fingerprint density at radius 3 is 2.70 bits per heavy atom. The van der Waals surface area contributed by atoms with Crippen LogP contribution in [0.3, 0.4) is 0 Å². The van der Waals surface area contributed by atoms with Crippen molar-refractivity contribution in [2.75, 3.05) is 25.0 Å². The van der Waals surface area contributed by atoms with Crippen LogP contribution in [-0.4, -0.2) is 42.5 Å². The van der Waals surface area contributed by atoms with E-state index in [-0.39, 0.29) is 24.5 Å². The maximum Gasteiger partial charge on any atom is 0.244 e. The smallest absolute Gasteiger partial charge is 0.244 e. The van der Waals surface area contributed by atoms with Gasteiger partial charge in [0.05, 0.1) is 12.6 Å². The zero-order chi connectivity index (χ0) is 21.5. The Hall–Kier alpha value is -2.37. The number of amides is 2. The highest BCUT2D eigenvalue weighted by Crippen LogP contribution is 2.20. The summed E-state index contributed by atoms with van der Waals surface area (Å²) in [5, 5.41) is 3.61. The molecule has 1 saturated heterocycles. The Bertz CT molecular complexity index is 894. The van der Waals surface area contributed by atoms with Crippen LogP contribution in [0.5, 0.6) is 0 Å². The normalized spacial score (nSPS) is 15.8. The maximum absolute atomic E-state index is 13.0. The molecule has 1 atom stereocenters. The molecule has 0 spiro atoms. The summed E-state index contributed by atoms with van der Waals surface area (Å²) < 4.78 is 5.70. The number of nitrogens with zero attached hydrogens (tertiary/aromatic N) is 1. The van der Waals surface area contributed by atoms with Gasteiger partial charge < -0.3 is 15.0 Å². The van der Waals surface area contributed by atoms with Gasteiger partial charge in [0.1, 0.15) is 0 Å². The van der Waals surface area contributed by atoms with Gasteiger partial charge in [-0.2, -0.15) is 0 Å². The Morgan fingerprint density at radius 2 is 1.97 bits per heavy atom. The molecule has 1 N–H and O–H groups in total. The summed E-state index contributed by atoms with van der Waals surface area (Å²) in [6.45, 7) is 5.13. The van der Waals surface area contributed by atoms with Crippen molar-refractivity contribution in [2.45, 2.75) is 45.6 Å². The third-order valence-corrected chi connectivity index (χ3v) is 5.95. The lowest BCUT2D eigenvalue weighted by molar-refractivity contribution is -0.136. The molecule has 2 aromatic rings. The van der Waals surface area contributed by atoms with E-state index in [1.54, 1.807) is 4.90 Å². The second-order valence-corrected chi connectivity index (χ2v) is 8.20. The largest absolute Gasteiger partial charge is 0.376 e. The van der Waals surface area contributed by atoms with Crippen LogP contribution >= 0.6 is 11.6 Å². The molecule has 6 heteroatoms. The van der Waals surface area contributed by atoms with Crippen molar-refractivity contribution in [3.63, 3.8) is 0 Å². The summed E-state index contributed by atoms with van der Waals surface area (Å²) in [4.78, 5) is 27.3.